The molecule has 108 valence electrons. The molecule has 0 radical (unpaired) electrons. The van der Waals surface area contributed by atoms with Gasteiger partial charge in [-0.3, -0.25) is 0 Å². The van der Waals surface area contributed by atoms with Crippen molar-refractivity contribution in [2.75, 3.05) is 6.54 Å². The summed E-state index contributed by atoms with van der Waals surface area (Å²) in [6.07, 6.45) is 0. The highest BCUT2D eigenvalue weighted by atomic mass is 19.1. The van der Waals surface area contributed by atoms with Gasteiger partial charge in [0, 0.05) is 6.54 Å². The van der Waals surface area contributed by atoms with Gasteiger partial charge < -0.3 is 14.6 Å². The van der Waals surface area contributed by atoms with Crippen LogP contribution in [0.4, 0.5) is 4.39 Å². The standard InChI is InChI=1S/C15H19FN2O2/c1-4-17-8-12-5-6-15(14(16)7-12)19-9-13-10(2)18-20-11(13)3/h5-7,17H,4,8-9H2,1-3H3. The number of aromatic nitrogens is 1. The summed E-state index contributed by atoms with van der Waals surface area (Å²) in [5.74, 6) is 0.587. The van der Waals surface area contributed by atoms with Crippen LogP contribution in [-0.4, -0.2) is 11.7 Å². The van der Waals surface area contributed by atoms with Gasteiger partial charge in [0.25, 0.3) is 0 Å². The minimum absolute atomic E-state index is 0.241. The van der Waals surface area contributed by atoms with E-state index < -0.39 is 0 Å². The summed E-state index contributed by atoms with van der Waals surface area (Å²) in [5, 5.41) is 6.99. The van der Waals surface area contributed by atoms with Gasteiger partial charge >= 0.3 is 0 Å². The van der Waals surface area contributed by atoms with Gasteiger partial charge in [0.2, 0.25) is 0 Å². The molecule has 0 aliphatic carbocycles. The van der Waals surface area contributed by atoms with Crippen LogP contribution in [0.1, 0.15) is 29.5 Å². The van der Waals surface area contributed by atoms with E-state index in [-0.39, 0.29) is 18.2 Å². The number of rotatable bonds is 6. The lowest BCUT2D eigenvalue weighted by atomic mass is 10.2. The third-order valence-electron chi connectivity index (χ3n) is 3.13. The smallest absolute Gasteiger partial charge is 0.165 e. The highest BCUT2D eigenvalue weighted by molar-refractivity contribution is 5.30. The lowest BCUT2D eigenvalue weighted by molar-refractivity contribution is 0.286. The first-order chi connectivity index (χ1) is 9.61. The summed E-state index contributed by atoms with van der Waals surface area (Å²) in [7, 11) is 0. The number of halogens is 1. The van der Waals surface area contributed by atoms with Crippen LogP contribution >= 0.6 is 0 Å². The van der Waals surface area contributed by atoms with E-state index in [0.717, 1.165) is 23.4 Å². The van der Waals surface area contributed by atoms with Crippen LogP contribution in [0.2, 0.25) is 0 Å². The summed E-state index contributed by atoms with van der Waals surface area (Å²) in [4.78, 5) is 0. The van der Waals surface area contributed by atoms with Gasteiger partial charge in [-0.05, 0) is 38.1 Å². The van der Waals surface area contributed by atoms with Gasteiger partial charge in [-0.15, -0.1) is 0 Å². The van der Waals surface area contributed by atoms with Gasteiger partial charge in [0.1, 0.15) is 12.4 Å². The van der Waals surface area contributed by atoms with Gasteiger partial charge in [-0.2, -0.15) is 0 Å². The molecule has 0 saturated heterocycles. The molecule has 0 aliphatic rings. The van der Waals surface area contributed by atoms with Crippen LogP contribution in [0.25, 0.3) is 0 Å². The number of ether oxygens (including phenoxy) is 1. The molecule has 2 aromatic rings. The van der Waals surface area contributed by atoms with Crippen molar-refractivity contribution in [3.8, 4) is 5.75 Å². The van der Waals surface area contributed by atoms with Crippen LogP contribution in [-0.2, 0) is 13.2 Å². The van der Waals surface area contributed by atoms with E-state index in [9.17, 15) is 4.39 Å². The third-order valence-corrected chi connectivity index (χ3v) is 3.13. The zero-order valence-electron chi connectivity index (χ0n) is 12.0. The molecule has 1 N–H and O–H groups in total. The quantitative estimate of drug-likeness (QED) is 0.882. The zero-order valence-corrected chi connectivity index (χ0v) is 12.0. The lowest BCUT2D eigenvalue weighted by Gasteiger charge is -2.09. The van der Waals surface area contributed by atoms with Crippen molar-refractivity contribution in [2.24, 2.45) is 0 Å². The lowest BCUT2D eigenvalue weighted by Crippen LogP contribution is -2.11. The van der Waals surface area contributed by atoms with Crippen LogP contribution in [0, 0.1) is 19.7 Å². The molecule has 20 heavy (non-hydrogen) atoms. The Morgan fingerprint density at radius 3 is 2.75 bits per heavy atom. The molecule has 5 heteroatoms. The Morgan fingerprint density at radius 1 is 1.35 bits per heavy atom. The summed E-state index contributed by atoms with van der Waals surface area (Å²) in [6.45, 7) is 7.42. The molecular weight excluding hydrogens is 259 g/mol. The topological polar surface area (TPSA) is 47.3 Å². The molecule has 0 saturated carbocycles. The summed E-state index contributed by atoms with van der Waals surface area (Å²) in [5.41, 5.74) is 2.53. The number of nitrogens with one attached hydrogen (secondary N) is 1. The second-order valence-electron chi connectivity index (χ2n) is 4.64. The zero-order chi connectivity index (χ0) is 14.5. The molecule has 0 aliphatic heterocycles. The number of nitrogens with zero attached hydrogens (tertiary/aromatic N) is 1. The molecule has 4 nitrogen and oxygen atoms in total. The van der Waals surface area contributed by atoms with Crippen molar-refractivity contribution in [1.29, 1.82) is 0 Å². The number of aryl methyl sites for hydroxylation is 2. The van der Waals surface area contributed by atoms with Crippen LogP contribution < -0.4 is 10.1 Å². The van der Waals surface area contributed by atoms with Crippen molar-refractivity contribution in [1.82, 2.24) is 10.5 Å². The molecule has 0 unspecified atom stereocenters. The Kier molecular flexibility index (Phi) is 4.74. The molecule has 0 spiro atoms. The predicted octanol–water partition coefficient (Wildman–Crippen LogP) is 3.12. The van der Waals surface area contributed by atoms with Crippen molar-refractivity contribution in [3.05, 3.63) is 46.6 Å². The first kappa shape index (κ1) is 14.5. The van der Waals surface area contributed by atoms with Crippen molar-refractivity contribution in [3.63, 3.8) is 0 Å². The fourth-order valence-corrected chi connectivity index (χ4v) is 1.90. The molecular formula is C15H19FN2O2. The Bertz CT molecular complexity index is 562. The van der Waals surface area contributed by atoms with Crippen LogP contribution in [0.3, 0.4) is 0 Å². The second kappa shape index (κ2) is 6.52. The largest absolute Gasteiger partial charge is 0.486 e. The molecule has 1 aromatic carbocycles. The number of hydrogen-bond donors (Lipinski definition) is 1. The second-order valence-corrected chi connectivity index (χ2v) is 4.64. The van der Waals surface area contributed by atoms with Crippen molar-refractivity contribution >= 4 is 0 Å². The van der Waals surface area contributed by atoms with E-state index in [1.54, 1.807) is 6.07 Å². The Labute approximate surface area is 117 Å². The minimum Gasteiger partial charge on any atom is -0.486 e. The molecule has 0 fully saturated rings. The van der Waals surface area contributed by atoms with E-state index >= 15 is 0 Å². The summed E-state index contributed by atoms with van der Waals surface area (Å²) < 4.78 is 24.5. The van der Waals surface area contributed by atoms with E-state index in [1.165, 1.54) is 6.07 Å². The van der Waals surface area contributed by atoms with E-state index in [0.29, 0.717) is 12.3 Å². The normalized spacial score (nSPS) is 10.8. The maximum atomic E-state index is 13.9. The molecule has 0 amide bonds. The highest BCUT2D eigenvalue weighted by Gasteiger charge is 2.11. The van der Waals surface area contributed by atoms with Crippen LogP contribution in [0.15, 0.2) is 22.7 Å². The average molecular weight is 278 g/mol. The molecule has 1 aromatic heterocycles. The first-order valence-corrected chi connectivity index (χ1v) is 6.65. The molecule has 0 bridgehead atoms. The number of benzene rings is 1. The molecule has 0 atom stereocenters. The Hall–Kier alpha value is -1.88. The maximum Gasteiger partial charge on any atom is 0.165 e. The maximum absolute atomic E-state index is 13.9. The summed E-state index contributed by atoms with van der Waals surface area (Å²) >= 11 is 0. The predicted molar refractivity (Wildman–Crippen MR) is 74.1 cm³/mol. The minimum atomic E-state index is -0.354. The average Bonchev–Trinajstić information content (AvgIpc) is 2.75. The monoisotopic (exact) mass is 278 g/mol. The SMILES string of the molecule is CCNCc1ccc(OCc2c(C)noc2C)c(F)c1. The van der Waals surface area contributed by atoms with E-state index in [4.69, 9.17) is 9.26 Å². The Morgan fingerprint density at radius 2 is 2.15 bits per heavy atom. The number of hydrogen-bond acceptors (Lipinski definition) is 4. The van der Waals surface area contributed by atoms with Gasteiger partial charge in [-0.1, -0.05) is 18.1 Å². The van der Waals surface area contributed by atoms with Gasteiger partial charge in [0.15, 0.2) is 11.6 Å². The van der Waals surface area contributed by atoms with E-state index in [2.05, 4.69) is 10.5 Å². The van der Waals surface area contributed by atoms with E-state index in [1.807, 2.05) is 26.8 Å². The molecule has 2 rings (SSSR count). The fraction of sp³-hybridized carbons (Fsp3) is 0.400. The first-order valence-electron chi connectivity index (χ1n) is 6.65. The fourth-order valence-electron chi connectivity index (χ4n) is 1.90. The summed E-state index contributed by atoms with van der Waals surface area (Å²) in [6, 6.07) is 5.00. The highest BCUT2D eigenvalue weighted by Crippen LogP contribution is 2.21. The van der Waals surface area contributed by atoms with Crippen molar-refractivity contribution in [2.45, 2.75) is 33.9 Å². The van der Waals surface area contributed by atoms with Gasteiger partial charge in [0.05, 0.1) is 11.3 Å². The molecule has 1 heterocycles. The third kappa shape index (κ3) is 3.36. The van der Waals surface area contributed by atoms with Crippen LogP contribution in [0.5, 0.6) is 5.75 Å². The Balaban J connectivity index is 2.03. The van der Waals surface area contributed by atoms with Gasteiger partial charge in [-0.25, -0.2) is 4.39 Å². The van der Waals surface area contributed by atoms with Crippen molar-refractivity contribution < 1.29 is 13.7 Å².